The number of aromatic amines is 1. The summed E-state index contributed by atoms with van der Waals surface area (Å²) in [5.41, 5.74) is 1.39. The normalized spacial score (nSPS) is 26.9. The number of benzene rings is 3. The van der Waals surface area contributed by atoms with E-state index in [-0.39, 0.29) is 57.9 Å². The van der Waals surface area contributed by atoms with Crippen LogP contribution in [0.15, 0.2) is 82.6 Å². The number of fused-ring (bicyclic) bond motifs is 9. The van der Waals surface area contributed by atoms with Crippen LogP contribution < -0.4 is 19.8 Å². The molecule has 47 heavy (non-hydrogen) atoms. The van der Waals surface area contributed by atoms with Crippen molar-refractivity contribution in [3.63, 3.8) is 0 Å². The lowest BCUT2D eigenvalue weighted by molar-refractivity contribution is -0.384. The summed E-state index contributed by atoms with van der Waals surface area (Å²) >= 11 is 2.68. The van der Waals surface area contributed by atoms with Crippen LogP contribution in [0.2, 0.25) is 0 Å². The Morgan fingerprint density at radius 2 is 1.70 bits per heavy atom. The number of carbonyl (C=O) groups is 3. The number of non-ortho nitro benzene ring substituents is 1. The summed E-state index contributed by atoms with van der Waals surface area (Å²) in [7, 11) is 0. The highest BCUT2D eigenvalue weighted by Gasteiger charge is 2.69. The average molecular weight is 673 g/mol. The number of hydrogen-bond acceptors (Lipinski definition) is 9. The lowest BCUT2D eigenvalue weighted by Gasteiger charge is -2.43. The highest BCUT2D eigenvalue weighted by atomic mass is 32.2. The van der Waals surface area contributed by atoms with Crippen molar-refractivity contribution in [3.05, 3.63) is 109 Å². The zero-order valence-corrected chi connectivity index (χ0v) is 26.0. The van der Waals surface area contributed by atoms with E-state index in [0.29, 0.717) is 23.5 Å². The Kier molecular flexibility index (Phi) is 7.02. The lowest BCUT2D eigenvalue weighted by atomic mass is 9.68. The third-order valence-corrected chi connectivity index (χ3v) is 12.4. The second kappa shape index (κ2) is 11.2. The molecule has 8 rings (SSSR count). The monoisotopic (exact) mass is 672 g/mol. The molecule has 3 amide bonds. The minimum absolute atomic E-state index is 0.0626. The Labute approximate surface area is 274 Å². The summed E-state index contributed by atoms with van der Waals surface area (Å²) in [6.45, 7) is -0.311. The number of ether oxygens (including phenoxy) is 1. The molecule has 2 saturated carbocycles. The van der Waals surface area contributed by atoms with Crippen LogP contribution in [0.1, 0.15) is 22.8 Å². The number of nitrogens with zero attached hydrogens (tertiary/aromatic N) is 2. The van der Waals surface area contributed by atoms with Gasteiger partial charge in [0.1, 0.15) is 11.6 Å². The summed E-state index contributed by atoms with van der Waals surface area (Å²) < 4.78 is 19.4. The third-order valence-electron chi connectivity index (χ3n) is 9.78. The van der Waals surface area contributed by atoms with Gasteiger partial charge in [0.15, 0.2) is 6.61 Å². The number of imide groups is 1. The van der Waals surface area contributed by atoms with E-state index >= 15 is 0 Å². The second-order valence-electron chi connectivity index (χ2n) is 12.1. The molecular weight excluding hydrogens is 648 g/mol. The average Bonchev–Trinajstić information content (AvgIpc) is 3.80. The molecule has 1 aromatic heterocycles. The minimum Gasteiger partial charge on any atom is -0.483 e. The molecular formula is C33H25FN4O7S2. The van der Waals surface area contributed by atoms with Gasteiger partial charge in [0.2, 0.25) is 11.8 Å². The van der Waals surface area contributed by atoms with Crippen molar-refractivity contribution in [1.82, 2.24) is 4.98 Å². The molecule has 2 bridgehead atoms. The van der Waals surface area contributed by atoms with E-state index in [9.17, 15) is 33.7 Å². The van der Waals surface area contributed by atoms with Gasteiger partial charge in [0, 0.05) is 39.4 Å². The van der Waals surface area contributed by atoms with Crippen LogP contribution in [0.25, 0.3) is 0 Å². The second-order valence-corrected chi connectivity index (χ2v) is 14.3. The quantitative estimate of drug-likeness (QED) is 0.155. The molecule has 2 aliphatic heterocycles. The summed E-state index contributed by atoms with van der Waals surface area (Å²) in [5, 5.41) is 14.5. The molecule has 3 aromatic carbocycles. The maximum Gasteiger partial charge on any atom is 0.305 e. The van der Waals surface area contributed by atoms with Crippen molar-refractivity contribution < 1.29 is 28.4 Å². The van der Waals surface area contributed by atoms with Gasteiger partial charge in [0.05, 0.1) is 27.5 Å². The summed E-state index contributed by atoms with van der Waals surface area (Å²) in [6.07, 6.45) is 0.683. The molecule has 1 saturated heterocycles. The zero-order chi connectivity index (χ0) is 32.6. The van der Waals surface area contributed by atoms with E-state index in [1.165, 1.54) is 53.4 Å². The predicted molar refractivity (Wildman–Crippen MR) is 171 cm³/mol. The van der Waals surface area contributed by atoms with Gasteiger partial charge in [-0.25, -0.2) is 4.39 Å². The van der Waals surface area contributed by atoms with Crippen LogP contribution in [0.4, 0.5) is 21.5 Å². The van der Waals surface area contributed by atoms with Crippen LogP contribution in [0.5, 0.6) is 5.75 Å². The van der Waals surface area contributed by atoms with Crippen LogP contribution in [-0.4, -0.2) is 39.5 Å². The summed E-state index contributed by atoms with van der Waals surface area (Å²) in [4.78, 5) is 68.7. The molecule has 3 fully saturated rings. The van der Waals surface area contributed by atoms with Gasteiger partial charge in [-0.15, -0.1) is 11.8 Å². The van der Waals surface area contributed by atoms with E-state index in [1.54, 1.807) is 23.9 Å². The van der Waals surface area contributed by atoms with Crippen LogP contribution in [0.3, 0.4) is 0 Å². The van der Waals surface area contributed by atoms with Crippen molar-refractivity contribution in [2.24, 2.45) is 29.6 Å². The number of amides is 3. The van der Waals surface area contributed by atoms with E-state index < -0.39 is 28.5 Å². The number of nitro groups is 1. The van der Waals surface area contributed by atoms with Gasteiger partial charge in [-0.3, -0.25) is 34.2 Å². The number of thiazole rings is 1. The molecule has 4 aromatic rings. The number of rotatable bonds is 7. The van der Waals surface area contributed by atoms with Crippen molar-refractivity contribution in [1.29, 1.82) is 0 Å². The first kappa shape index (κ1) is 29.6. The van der Waals surface area contributed by atoms with Gasteiger partial charge in [-0.2, -0.15) is 0 Å². The Morgan fingerprint density at radius 3 is 2.43 bits per heavy atom. The number of anilines is 2. The largest absolute Gasteiger partial charge is 0.483 e. The molecule has 11 nitrogen and oxygen atoms in total. The summed E-state index contributed by atoms with van der Waals surface area (Å²) in [6, 6.07) is 18.2. The number of halogens is 1. The van der Waals surface area contributed by atoms with E-state index in [1.807, 2.05) is 12.1 Å². The molecule has 238 valence electrons. The molecule has 2 N–H and O–H groups in total. The first-order valence-corrected chi connectivity index (χ1v) is 16.7. The highest BCUT2D eigenvalue weighted by molar-refractivity contribution is 8.00. The molecule has 7 atom stereocenters. The highest BCUT2D eigenvalue weighted by Crippen LogP contribution is 2.69. The van der Waals surface area contributed by atoms with Crippen LogP contribution in [0, 0.1) is 45.5 Å². The van der Waals surface area contributed by atoms with E-state index in [2.05, 4.69) is 10.3 Å². The lowest BCUT2D eigenvalue weighted by Crippen LogP contribution is -2.42. The molecule has 0 spiro atoms. The molecule has 3 heterocycles. The Balaban J connectivity index is 1.11. The smallest absolute Gasteiger partial charge is 0.305 e. The number of hydrogen-bond donors (Lipinski definition) is 2. The van der Waals surface area contributed by atoms with Gasteiger partial charge in [-0.05, 0) is 66.6 Å². The standard InChI is InChI=1S/C33H25FN4O7S2/c34-15-5-7-16(8-6-15)35-23(39)14-45-22-4-2-1-3-19(22)24-25-20-13-21(28(25)46-30-29(24)47-33(42)36-30)27-26(20)31(40)37(32(27)41)17-9-11-18(12-10-17)38(43)44/h1-12,20-21,24-28H,13-14H2,(H,35,39)(H,36,42)/t20?,21?,24-,25?,26?,27?,28?/m1/s1. The zero-order valence-electron chi connectivity index (χ0n) is 24.3. The minimum atomic E-state index is -0.557. The molecule has 0 radical (unpaired) electrons. The third kappa shape index (κ3) is 4.76. The van der Waals surface area contributed by atoms with Gasteiger partial charge in [0.25, 0.3) is 11.6 Å². The van der Waals surface area contributed by atoms with Gasteiger partial charge in [-0.1, -0.05) is 29.5 Å². The molecule has 4 aliphatic rings. The maximum atomic E-state index is 14.0. The number of nitro benzene ring substituents is 1. The summed E-state index contributed by atoms with van der Waals surface area (Å²) in [5.74, 6) is -2.77. The van der Waals surface area contributed by atoms with Crippen molar-refractivity contribution >= 4 is 57.9 Å². The number of nitrogens with one attached hydrogen (secondary N) is 2. The topological polar surface area (TPSA) is 152 Å². The fourth-order valence-electron chi connectivity index (χ4n) is 8.09. The van der Waals surface area contributed by atoms with Crippen LogP contribution >= 0.6 is 23.1 Å². The Hall–Kier alpha value is -4.82. The first-order chi connectivity index (χ1) is 22.7. The van der Waals surface area contributed by atoms with Crippen molar-refractivity contribution in [2.45, 2.75) is 22.6 Å². The number of para-hydroxylation sites is 1. The number of thioether (sulfide) groups is 1. The Morgan fingerprint density at radius 1 is 1.00 bits per heavy atom. The van der Waals surface area contributed by atoms with E-state index in [4.69, 9.17) is 4.74 Å². The fourth-order valence-corrected chi connectivity index (χ4v) is 11.0. The maximum absolute atomic E-state index is 14.0. The SMILES string of the molecule is O=C(COc1ccccc1[C@H]1c2sc(=O)[nH]c2SC2C3CC(C4C(=O)N(c5ccc([N+](=O)[O-])cc5)C(=O)C34)C21)Nc1ccc(F)cc1. The molecule has 14 heteroatoms. The number of aromatic nitrogens is 1. The molecule has 6 unspecified atom stereocenters. The van der Waals surface area contributed by atoms with Crippen LogP contribution in [-0.2, 0) is 14.4 Å². The number of H-pyrrole nitrogens is 1. The number of carbonyl (C=O) groups excluding carboxylic acids is 3. The van der Waals surface area contributed by atoms with Crippen molar-refractivity contribution in [3.8, 4) is 5.75 Å². The van der Waals surface area contributed by atoms with Gasteiger partial charge < -0.3 is 15.0 Å². The van der Waals surface area contributed by atoms with Crippen molar-refractivity contribution in [2.75, 3.05) is 16.8 Å². The Bertz CT molecular complexity index is 2010. The predicted octanol–water partition coefficient (Wildman–Crippen LogP) is 5.18. The fraction of sp³-hybridized carbons (Fsp3) is 0.273. The molecule has 2 aliphatic carbocycles. The van der Waals surface area contributed by atoms with E-state index in [0.717, 1.165) is 26.8 Å². The van der Waals surface area contributed by atoms with Gasteiger partial charge >= 0.3 is 4.87 Å². The first-order valence-electron chi connectivity index (χ1n) is 15.0.